The van der Waals surface area contributed by atoms with Gasteiger partial charge in [-0.15, -0.1) is 0 Å². The molecular weight excluding hydrogens is 335 g/mol. The molecule has 1 aliphatic rings. The van der Waals surface area contributed by atoms with Crippen LogP contribution in [-0.4, -0.2) is 52.1 Å². The highest BCUT2D eigenvalue weighted by Crippen LogP contribution is 2.19. The lowest BCUT2D eigenvalue weighted by Crippen LogP contribution is -2.37. The van der Waals surface area contributed by atoms with E-state index in [1.165, 1.54) is 4.57 Å². The van der Waals surface area contributed by atoms with Crippen LogP contribution in [0.1, 0.15) is 17.0 Å². The van der Waals surface area contributed by atoms with Gasteiger partial charge >= 0.3 is 11.0 Å². The molecule has 0 aliphatic carbocycles. The number of halogens is 3. The van der Waals surface area contributed by atoms with E-state index in [0.29, 0.717) is 4.90 Å². The van der Waals surface area contributed by atoms with Crippen molar-refractivity contribution in [1.29, 1.82) is 0 Å². The first kappa shape index (κ1) is 17.5. The minimum Gasteiger partial charge on any atom is -0.315 e. The van der Waals surface area contributed by atoms with Crippen LogP contribution in [0.3, 0.4) is 0 Å². The van der Waals surface area contributed by atoms with Gasteiger partial charge in [-0.1, -0.05) is 11.3 Å². The Kier molecular flexibility index (Phi) is 4.83. The average molecular weight is 351 g/mol. The zero-order valence-corrected chi connectivity index (χ0v) is 13.5. The Labute approximate surface area is 134 Å². The number of carbonyl (C=O) groups excluding carboxylic acids is 2. The summed E-state index contributed by atoms with van der Waals surface area (Å²) in [6.07, 6.45) is -4.53. The molecule has 0 unspecified atom stereocenters. The standard InChI is InChI=1S/C13H16F3N3O3S/c1-8-9(2)23-12(22)19(8)4-3-10(20)17-5-11(21)18(7-17)6-13(14,15)16/h3-7H2,1-2H3. The number of nitrogens with zero attached hydrogens (tertiary/aromatic N) is 3. The fourth-order valence-electron chi connectivity index (χ4n) is 2.33. The second-order valence-electron chi connectivity index (χ2n) is 5.35. The van der Waals surface area contributed by atoms with Gasteiger partial charge in [0.05, 0.1) is 6.67 Å². The van der Waals surface area contributed by atoms with E-state index in [4.69, 9.17) is 0 Å². The molecule has 6 nitrogen and oxygen atoms in total. The Morgan fingerprint density at radius 1 is 1.26 bits per heavy atom. The van der Waals surface area contributed by atoms with E-state index < -0.39 is 24.5 Å². The summed E-state index contributed by atoms with van der Waals surface area (Å²) in [6, 6.07) is 0. The molecule has 0 radical (unpaired) electrons. The van der Waals surface area contributed by atoms with Crippen LogP contribution < -0.4 is 4.87 Å². The van der Waals surface area contributed by atoms with E-state index in [0.717, 1.165) is 26.8 Å². The molecule has 2 amide bonds. The van der Waals surface area contributed by atoms with Crippen LogP contribution in [0.15, 0.2) is 4.79 Å². The first-order valence-corrected chi connectivity index (χ1v) is 7.69. The van der Waals surface area contributed by atoms with Crippen molar-refractivity contribution >= 4 is 23.2 Å². The Morgan fingerprint density at radius 2 is 1.91 bits per heavy atom. The lowest BCUT2D eigenvalue weighted by atomic mass is 10.3. The summed E-state index contributed by atoms with van der Waals surface area (Å²) in [6.45, 7) is 1.63. The molecule has 2 heterocycles. The zero-order chi connectivity index (χ0) is 17.4. The van der Waals surface area contributed by atoms with Crippen molar-refractivity contribution in [1.82, 2.24) is 14.4 Å². The van der Waals surface area contributed by atoms with Crippen molar-refractivity contribution in [2.45, 2.75) is 33.0 Å². The predicted molar refractivity (Wildman–Crippen MR) is 77.0 cm³/mol. The monoisotopic (exact) mass is 351 g/mol. The molecule has 0 spiro atoms. The second kappa shape index (κ2) is 6.34. The van der Waals surface area contributed by atoms with E-state index in [9.17, 15) is 27.6 Å². The molecular formula is C13H16F3N3O3S. The highest BCUT2D eigenvalue weighted by Gasteiger charge is 2.38. The van der Waals surface area contributed by atoms with E-state index >= 15 is 0 Å². The summed E-state index contributed by atoms with van der Waals surface area (Å²) < 4.78 is 38.5. The number of thiazole rings is 1. The van der Waals surface area contributed by atoms with Gasteiger partial charge in [0.2, 0.25) is 11.8 Å². The number of aromatic nitrogens is 1. The quantitative estimate of drug-likeness (QED) is 0.816. The summed E-state index contributed by atoms with van der Waals surface area (Å²) in [4.78, 5) is 37.7. The number of amides is 2. The van der Waals surface area contributed by atoms with Crippen molar-refractivity contribution in [2.24, 2.45) is 0 Å². The van der Waals surface area contributed by atoms with E-state index in [2.05, 4.69) is 0 Å². The van der Waals surface area contributed by atoms with Crippen molar-refractivity contribution in [3.8, 4) is 0 Å². The average Bonchev–Trinajstić information content (AvgIpc) is 2.88. The van der Waals surface area contributed by atoms with Crippen LogP contribution in [0, 0.1) is 13.8 Å². The highest BCUT2D eigenvalue weighted by atomic mass is 32.1. The normalized spacial score (nSPS) is 15.6. The molecule has 0 aromatic carbocycles. The molecule has 0 N–H and O–H groups in total. The van der Waals surface area contributed by atoms with Crippen LogP contribution in [-0.2, 0) is 16.1 Å². The number of carbonyl (C=O) groups is 2. The highest BCUT2D eigenvalue weighted by molar-refractivity contribution is 7.09. The van der Waals surface area contributed by atoms with Crippen molar-refractivity contribution in [3.63, 3.8) is 0 Å². The molecule has 1 aromatic rings. The van der Waals surface area contributed by atoms with Crippen LogP contribution in [0.4, 0.5) is 13.2 Å². The van der Waals surface area contributed by atoms with Gasteiger partial charge in [0.15, 0.2) is 0 Å². The molecule has 128 valence electrons. The first-order valence-electron chi connectivity index (χ1n) is 6.87. The second-order valence-corrected chi connectivity index (χ2v) is 6.52. The minimum absolute atomic E-state index is 0.0376. The number of hydrogen-bond donors (Lipinski definition) is 0. The van der Waals surface area contributed by atoms with Crippen molar-refractivity contribution in [2.75, 3.05) is 19.8 Å². The fourth-order valence-corrected chi connectivity index (χ4v) is 3.19. The van der Waals surface area contributed by atoms with Gasteiger partial charge in [-0.25, -0.2) is 0 Å². The van der Waals surface area contributed by atoms with E-state index in [-0.39, 0.29) is 31.1 Å². The number of rotatable bonds is 4. The number of hydrogen-bond acceptors (Lipinski definition) is 4. The van der Waals surface area contributed by atoms with Crippen LogP contribution >= 0.6 is 11.3 Å². The van der Waals surface area contributed by atoms with Gasteiger partial charge < -0.3 is 14.4 Å². The van der Waals surface area contributed by atoms with Crippen molar-refractivity contribution in [3.05, 3.63) is 20.2 Å². The lowest BCUT2D eigenvalue weighted by molar-refractivity contribution is -0.157. The third kappa shape index (κ3) is 4.12. The van der Waals surface area contributed by atoms with Crippen LogP contribution in [0.2, 0.25) is 0 Å². The van der Waals surface area contributed by atoms with E-state index in [1.54, 1.807) is 13.8 Å². The smallest absolute Gasteiger partial charge is 0.315 e. The molecule has 1 aromatic heterocycles. The van der Waals surface area contributed by atoms with Crippen LogP contribution in [0.25, 0.3) is 0 Å². The third-order valence-electron chi connectivity index (χ3n) is 3.67. The van der Waals surface area contributed by atoms with Crippen LogP contribution in [0.5, 0.6) is 0 Å². The topological polar surface area (TPSA) is 62.6 Å². The largest absolute Gasteiger partial charge is 0.406 e. The molecule has 23 heavy (non-hydrogen) atoms. The molecule has 1 aliphatic heterocycles. The van der Waals surface area contributed by atoms with Gasteiger partial charge in [-0.2, -0.15) is 13.2 Å². The maximum Gasteiger partial charge on any atom is 0.406 e. The van der Waals surface area contributed by atoms with Gasteiger partial charge in [0.1, 0.15) is 13.1 Å². The molecule has 0 saturated carbocycles. The molecule has 10 heteroatoms. The minimum atomic E-state index is -4.49. The fraction of sp³-hybridized carbons (Fsp3) is 0.615. The maximum atomic E-state index is 12.3. The molecule has 2 rings (SSSR count). The summed E-state index contributed by atoms with van der Waals surface area (Å²) in [5.41, 5.74) is 0.768. The Balaban J connectivity index is 1.94. The first-order chi connectivity index (χ1) is 10.6. The molecule has 1 saturated heterocycles. The van der Waals surface area contributed by atoms with Gasteiger partial charge in [-0.05, 0) is 13.8 Å². The summed E-state index contributed by atoms with van der Waals surface area (Å²) in [5.74, 6) is -1.17. The molecule has 0 atom stereocenters. The van der Waals surface area contributed by atoms with Crippen molar-refractivity contribution < 1.29 is 22.8 Å². The molecule has 1 fully saturated rings. The number of aryl methyl sites for hydroxylation is 1. The van der Waals surface area contributed by atoms with Gasteiger partial charge in [-0.3, -0.25) is 14.4 Å². The van der Waals surface area contributed by atoms with Gasteiger partial charge in [0, 0.05) is 23.5 Å². The zero-order valence-electron chi connectivity index (χ0n) is 12.6. The Morgan fingerprint density at radius 3 is 2.43 bits per heavy atom. The van der Waals surface area contributed by atoms with Gasteiger partial charge in [0.25, 0.3) is 0 Å². The summed E-state index contributed by atoms with van der Waals surface area (Å²) >= 11 is 1.08. The number of alkyl halides is 3. The Bertz CT molecular complexity index is 680. The predicted octanol–water partition coefficient (Wildman–Crippen LogP) is 1.11. The SMILES string of the molecule is Cc1sc(=O)n(CCC(=O)N2CC(=O)N(CC(F)(F)F)C2)c1C. The summed E-state index contributed by atoms with van der Waals surface area (Å²) in [7, 11) is 0. The third-order valence-corrected chi connectivity index (χ3v) is 4.66. The maximum absolute atomic E-state index is 12.3. The summed E-state index contributed by atoms with van der Waals surface area (Å²) in [5, 5.41) is 0. The Hall–Kier alpha value is -1.84. The molecule has 0 bridgehead atoms. The lowest BCUT2D eigenvalue weighted by Gasteiger charge is -2.19. The van der Waals surface area contributed by atoms with E-state index in [1.807, 2.05) is 0 Å².